The third-order valence-electron chi connectivity index (χ3n) is 4.15. The van der Waals surface area contributed by atoms with E-state index in [0.717, 1.165) is 25.9 Å². The van der Waals surface area contributed by atoms with Crippen LogP contribution >= 0.6 is 11.6 Å². The number of rotatable bonds is 7. The van der Waals surface area contributed by atoms with Gasteiger partial charge in [0.1, 0.15) is 0 Å². The Morgan fingerprint density at radius 1 is 1.28 bits per heavy atom. The minimum absolute atomic E-state index is 0.207. The van der Waals surface area contributed by atoms with E-state index in [9.17, 15) is 13.2 Å². The van der Waals surface area contributed by atoms with Gasteiger partial charge in [0, 0.05) is 18.7 Å². The quantitative estimate of drug-likeness (QED) is 0.753. The number of sulfonamides is 1. The molecule has 140 valence electrons. The normalized spacial score (nSPS) is 17.1. The molecule has 6 nitrogen and oxygen atoms in total. The molecule has 0 aromatic heterocycles. The highest BCUT2D eigenvalue weighted by Gasteiger charge is 2.15. The van der Waals surface area contributed by atoms with Gasteiger partial charge in [0.15, 0.2) is 0 Å². The number of carbonyl (C=O) groups excluding carboxylic acids is 1. The van der Waals surface area contributed by atoms with Crippen molar-refractivity contribution in [3.8, 4) is 0 Å². The highest BCUT2D eigenvalue weighted by atomic mass is 35.5. The lowest BCUT2D eigenvalue weighted by molar-refractivity contribution is 0.0942. The first-order valence-electron chi connectivity index (χ1n) is 8.52. The van der Waals surface area contributed by atoms with Crippen molar-refractivity contribution in [2.75, 3.05) is 37.2 Å². The monoisotopic (exact) mass is 387 g/mol. The minimum Gasteiger partial charge on any atom is -0.352 e. The molecule has 1 fully saturated rings. The summed E-state index contributed by atoms with van der Waals surface area (Å²) in [5.74, 6) is 0.113. The van der Waals surface area contributed by atoms with Gasteiger partial charge in [0.2, 0.25) is 10.0 Å². The molecule has 1 aliphatic heterocycles. The van der Waals surface area contributed by atoms with Crippen LogP contribution in [0.15, 0.2) is 18.2 Å². The molecule has 1 unspecified atom stereocenters. The minimum atomic E-state index is -3.46. The molecular formula is C17H26ClN3O3S. The summed E-state index contributed by atoms with van der Waals surface area (Å²) in [5.41, 5.74) is 0.582. The number of amides is 1. The molecule has 1 aromatic rings. The molecule has 25 heavy (non-hydrogen) atoms. The van der Waals surface area contributed by atoms with Crippen LogP contribution in [-0.4, -0.2) is 51.7 Å². The van der Waals surface area contributed by atoms with Crippen molar-refractivity contribution in [2.45, 2.75) is 26.2 Å². The van der Waals surface area contributed by atoms with Crippen molar-refractivity contribution in [3.05, 3.63) is 28.8 Å². The molecule has 0 radical (unpaired) electrons. The molecule has 1 aromatic carbocycles. The smallest absolute Gasteiger partial charge is 0.251 e. The van der Waals surface area contributed by atoms with E-state index >= 15 is 0 Å². The van der Waals surface area contributed by atoms with Crippen molar-refractivity contribution < 1.29 is 13.2 Å². The highest BCUT2D eigenvalue weighted by molar-refractivity contribution is 7.92. The largest absolute Gasteiger partial charge is 0.352 e. The number of anilines is 1. The van der Waals surface area contributed by atoms with Crippen LogP contribution in [0.25, 0.3) is 0 Å². The third kappa shape index (κ3) is 6.84. The van der Waals surface area contributed by atoms with Gasteiger partial charge in [-0.25, -0.2) is 8.42 Å². The summed E-state index contributed by atoms with van der Waals surface area (Å²) >= 11 is 5.98. The Bertz CT molecular complexity index is 703. The van der Waals surface area contributed by atoms with Crippen molar-refractivity contribution in [3.63, 3.8) is 0 Å². The molecule has 0 saturated carbocycles. The summed E-state index contributed by atoms with van der Waals surface area (Å²) in [6.07, 6.45) is 4.85. The number of carbonyl (C=O) groups is 1. The summed E-state index contributed by atoms with van der Waals surface area (Å²) in [6, 6.07) is 4.55. The summed E-state index contributed by atoms with van der Waals surface area (Å²) in [7, 11) is -3.46. The van der Waals surface area contributed by atoms with E-state index in [1.54, 1.807) is 6.07 Å². The maximum atomic E-state index is 12.3. The molecule has 2 N–H and O–H groups in total. The van der Waals surface area contributed by atoms with Crippen LogP contribution in [0, 0.1) is 5.92 Å². The Hall–Kier alpha value is -1.31. The Morgan fingerprint density at radius 2 is 1.96 bits per heavy atom. The lowest BCUT2D eigenvalue weighted by atomic mass is 10.1. The lowest BCUT2D eigenvalue weighted by Crippen LogP contribution is -2.38. The molecule has 1 saturated heterocycles. The molecule has 1 amide bonds. The SMILES string of the molecule is CC(CNC(=O)c1ccc(Cl)c(NS(C)(=O)=O)c1)CN1CCCCC1. The van der Waals surface area contributed by atoms with Crippen LogP contribution in [-0.2, 0) is 10.0 Å². The molecular weight excluding hydrogens is 362 g/mol. The van der Waals surface area contributed by atoms with Crippen LogP contribution in [0.3, 0.4) is 0 Å². The topological polar surface area (TPSA) is 78.5 Å². The van der Waals surface area contributed by atoms with Gasteiger partial charge in [-0.3, -0.25) is 9.52 Å². The number of nitrogens with zero attached hydrogens (tertiary/aromatic N) is 1. The molecule has 2 rings (SSSR count). The van der Waals surface area contributed by atoms with Gasteiger partial charge in [-0.2, -0.15) is 0 Å². The Labute approximate surface area is 155 Å². The van der Waals surface area contributed by atoms with Crippen LogP contribution in [0.2, 0.25) is 5.02 Å². The summed E-state index contributed by atoms with van der Waals surface area (Å²) < 4.78 is 25.0. The number of benzene rings is 1. The standard InChI is InChI=1S/C17H26ClN3O3S/c1-13(12-21-8-4-3-5-9-21)11-19-17(22)14-6-7-15(18)16(10-14)20-25(2,23)24/h6-7,10,13,20H,3-5,8-9,11-12H2,1-2H3,(H,19,22). The van der Waals surface area contributed by atoms with Gasteiger partial charge in [0.05, 0.1) is 17.0 Å². The molecule has 1 aliphatic rings. The van der Waals surface area contributed by atoms with E-state index in [1.807, 2.05) is 0 Å². The predicted molar refractivity (Wildman–Crippen MR) is 102 cm³/mol. The van der Waals surface area contributed by atoms with E-state index in [0.29, 0.717) is 18.0 Å². The lowest BCUT2D eigenvalue weighted by Gasteiger charge is -2.29. The Balaban J connectivity index is 1.90. The van der Waals surface area contributed by atoms with E-state index in [1.165, 1.54) is 31.4 Å². The molecule has 1 atom stereocenters. The van der Waals surface area contributed by atoms with Crippen LogP contribution in [0.4, 0.5) is 5.69 Å². The summed E-state index contributed by atoms with van der Waals surface area (Å²) in [4.78, 5) is 14.8. The van der Waals surface area contributed by atoms with Crippen molar-refractivity contribution in [2.24, 2.45) is 5.92 Å². The van der Waals surface area contributed by atoms with Crippen LogP contribution < -0.4 is 10.0 Å². The second-order valence-corrected chi connectivity index (χ2v) is 8.90. The first-order chi connectivity index (χ1) is 11.7. The summed E-state index contributed by atoms with van der Waals surface area (Å²) in [6.45, 7) is 5.94. The van der Waals surface area contributed by atoms with Crippen LogP contribution in [0.5, 0.6) is 0 Å². The van der Waals surface area contributed by atoms with Gasteiger partial charge < -0.3 is 10.2 Å². The van der Waals surface area contributed by atoms with Crippen LogP contribution in [0.1, 0.15) is 36.5 Å². The van der Waals surface area contributed by atoms with Crippen molar-refractivity contribution in [1.82, 2.24) is 10.2 Å². The fourth-order valence-corrected chi connectivity index (χ4v) is 3.75. The number of halogens is 1. The fourth-order valence-electron chi connectivity index (χ4n) is 2.96. The second-order valence-electron chi connectivity index (χ2n) is 6.75. The Morgan fingerprint density at radius 3 is 2.60 bits per heavy atom. The van der Waals surface area contributed by atoms with E-state index in [2.05, 4.69) is 21.9 Å². The van der Waals surface area contributed by atoms with Gasteiger partial charge >= 0.3 is 0 Å². The van der Waals surface area contributed by atoms with E-state index in [4.69, 9.17) is 11.6 Å². The average Bonchev–Trinajstić information content (AvgIpc) is 2.54. The predicted octanol–water partition coefficient (Wildman–Crippen LogP) is 2.56. The average molecular weight is 388 g/mol. The number of nitrogens with one attached hydrogen (secondary N) is 2. The van der Waals surface area contributed by atoms with Gasteiger partial charge in [-0.05, 0) is 50.0 Å². The fraction of sp³-hybridized carbons (Fsp3) is 0.588. The number of hydrogen-bond acceptors (Lipinski definition) is 4. The van der Waals surface area contributed by atoms with Crippen molar-refractivity contribution in [1.29, 1.82) is 0 Å². The number of piperidine rings is 1. The molecule has 0 aliphatic carbocycles. The number of hydrogen-bond donors (Lipinski definition) is 2. The molecule has 8 heteroatoms. The first-order valence-corrected chi connectivity index (χ1v) is 10.8. The first kappa shape index (κ1) is 20.0. The summed E-state index contributed by atoms with van der Waals surface area (Å²) in [5, 5.41) is 3.16. The molecule has 0 bridgehead atoms. The zero-order valence-electron chi connectivity index (χ0n) is 14.7. The maximum Gasteiger partial charge on any atom is 0.251 e. The van der Waals surface area contributed by atoms with Gasteiger partial charge in [-0.1, -0.05) is 24.9 Å². The third-order valence-corrected chi connectivity index (χ3v) is 5.07. The van der Waals surface area contributed by atoms with Gasteiger partial charge in [0.25, 0.3) is 5.91 Å². The zero-order valence-corrected chi connectivity index (χ0v) is 16.3. The van der Waals surface area contributed by atoms with Gasteiger partial charge in [-0.15, -0.1) is 0 Å². The number of likely N-dealkylation sites (tertiary alicyclic amines) is 1. The Kier molecular flexibility index (Phi) is 7.10. The zero-order chi connectivity index (χ0) is 18.4. The molecule has 1 heterocycles. The second kappa shape index (κ2) is 8.87. The molecule has 0 spiro atoms. The van der Waals surface area contributed by atoms with E-state index in [-0.39, 0.29) is 16.6 Å². The maximum absolute atomic E-state index is 12.3. The van der Waals surface area contributed by atoms with E-state index < -0.39 is 10.0 Å². The highest BCUT2D eigenvalue weighted by Crippen LogP contribution is 2.24. The van der Waals surface area contributed by atoms with Crippen molar-refractivity contribution >= 4 is 33.2 Å².